The number of rotatable bonds is 8. The number of hydrogen-bond donors (Lipinski definition) is 1. The van der Waals surface area contributed by atoms with Crippen LogP contribution in [0.3, 0.4) is 0 Å². The molecule has 1 aromatic carbocycles. The van der Waals surface area contributed by atoms with E-state index in [1.807, 2.05) is 0 Å². The van der Waals surface area contributed by atoms with Crippen LogP contribution in [-0.2, 0) is 4.74 Å². The molecular formula is C15H25NO2. The summed E-state index contributed by atoms with van der Waals surface area (Å²) in [6.07, 6.45) is 1.04. The lowest BCUT2D eigenvalue weighted by atomic mass is 10.1. The van der Waals surface area contributed by atoms with Crippen molar-refractivity contribution >= 4 is 0 Å². The maximum absolute atomic E-state index is 5.81. The maximum Gasteiger partial charge on any atom is 0.122 e. The molecular weight excluding hydrogens is 226 g/mol. The third-order valence-corrected chi connectivity index (χ3v) is 3.00. The molecule has 1 aromatic rings. The lowest BCUT2D eigenvalue weighted by molar-refractivity contribution is 0.193. The van der Waals surface area contributed by atoms with Gasteiger partial charge in [-0.3, -0.25) is 0 Å². The number of nitrogens with one attached hydrogen (secondary N) is 1. The third kappa shape index (κ3) is 5.07. The Morgan fingerprint density at radius 3 is 2.56 bits per heavy atom. The molecule has 0 fully saturated rings. The Morgan fingerprint density at radius 1 is 1.06 bits per heavy atom. The second kappa shape index (κ2) is 8.11. The van der Waals surface area contributed by atoms with Crippen LogP contribution in [0.2, 0.25) is 0 Å². The van der Waals surface area contributed by atoms with E-state index in [1.165, 1.54) is 16.7 Å². The summed E-state index contributed by atoms with van der Waals surface area (Å²) in [5.41, 5.74) is 3.78. The number of methoxy groups -OCH3 is 1. The van der Waals surface area contributed by atoms with Gasteiger partial charge in [-0.05, 0) is 56.5 Å². The summed E-state index contributed by atoms with van der Waals surface area (Å²) < 4.78 is 10.8. The van der Waals surface area contributed by atoms with Crippen LogP contribution in [0.1, 0.15) is 23.1 Å². The van der Waals surface area contributed by atoms with E-state index in [0.717, 1.165) is 31.9 Å². The molecule has 0 aliphatic heterocycles. The molecule has 0 bridgehead atoms. The molecule has 0 saturated heterocycles. The fourth-order valence-electron chi connectivity index (χ4n) is 1.85. The Hall–Kier alpha value is -1.06. The van der Waals surface area contributed by atoms with Gasteiger partial charge in [-0.25, -0.2) is 0 Å². The fourth-order valence-corrected chi connectivity index (χ4v) is 1.85. The smallest absolute Gasteiger partial charge is 0.122 e. The summed E-state index contributed by atoms with van der Waals surface area (Å²) in [6, 6.07) is 4.29. The van der Waals surface area contributed by atoms with Crippen LogP contribution in [0, 0.1) is 20.8 Å². The van der Waals surface area contributed by atoms with Gasteiger partial charge >= 0.3 is 0 Å². The van der Waals surface area contributed by atoms with E-state index in [2.05, 4.69) is 38.2 Å². The second-order valence-corrected chi connectivity index (χ2v) is 4.65. The zero-order valence-electron chi connectivity index (χ0n) is 12.0. The highest BCUT2D eigenvalue weighted by molar-refractivity contribution is 5.41. The van der Waals surface area contributed by atoms with Crippen molar-refractivity contribution in [2.45, 2.75) is 27.2 Å². The van der Waals surface area contributed by atoms with Gasteiger partial charge in [-0.1, -0.05) is 6.07 Å². The lowest BCUT2D eigenvalue weighted by Gasteiger charge is -2.12. The van der Waals surface area contributed by atoms with Crippen molar-refractivity contribution in [1.82, 2.24) is 5.32 Å². The van der Waals surface area contributed by atoms with Crippen molar-refractivity contribution in [3.63, 3.8) is 0 Å². The molecule has 1 rings (SSSR count). The van der Waals surface area contributed by atoms with E-state index in [9.17, 15) is 0 Å². The largest absolute Gasteiger partial charge is 0.492 e. The third-order valence-electron chi connectivity index (χ3n) is 3.00. The lowest BCUT2D eigenvalue weighted by Crippen LogP contribution is -2.23. The molecule has 18 heavy (non-hydrogen) atoms. The van der Waals surface area contributed by atoms with Crippen LogP contribution >= 0.6 is 0 Å². The normalized spacial score (nSPS) is 10.7. The van der Waals surface area contributed by atoms with Gasteiger partial charge in [-0.2, -0.15) is 0 Å². The van der Waals surface area contributed by atoms with Gasteiger partial charge in [0, 0.05) is 20.3 Å². The summed E-state index contributed by atoms with van der Waals surface area (Å²) in [4.78, 5) is 0. The fraction of sp³-hybridized carbons (Fsp3) is 0.600. The quantitative estimate of drug-likeness (QED) is 0.720. The Morgan fingerprint density at radius 2 is 1.83 bits per heavy atom. The van der Waals surface area contributed by atoms with Gasteiger partial charge in [0.2, 0.25) is 0 Å². The predicted octanol–water partition coefficient (Wildman–Crippen LogP) is 2.62. The van der Waals surface area contributed by atoms with Gasteiger partial charge in [0.25, 0.3) is 0 Å². The number of aryl methyl sites for hydroxylation is 2. The number of benzene rings is 1. The SMILES string of the molecule is COCCCNCCOc1cc(C)cc(C)c1C. The van der Waals surface area contributed by atoms with Gasteiger partial charge < -0.3 is 14.8 Å². The van der Waals surface area contributed by atoms with Crippen LogP contribution in [0.4, 0.5) is 0 Å². The van der Waals surface area contributed by atoms with Gasteiger partial charge in [0.05, 0.1) is 0 Å². The topological polar surface area (TPSA) is 30.5 Å². The summed E-state index contributed by atoms with van der Waals surface area (Å²) >= 11 is 0. The van der Waals surface area contributed by atoms with E-state index in [4.69, 9.17) is 9.47 Å². The second-order valence-electron chi connectivity index (χ2n) is 4.65. The summed E-state index contributed by atoms with van der Waals surface area (Å²) in [6.45, 7) is 9.69. The van der Waals surface area contributed by atoms with Crippen molar-refractivity contribution in [2.75, 3.05) is 33.4 Å². The zero-order valence-corrected chi connectivity index (χ0v) is 12.0. The molecule has 0 atom stereocenters. The highest BCUT2D eigenvalue weighted by Gasteiger charge is 2.03. The van der Waals surface area contributed by atoms with Crippen molar-refractivity contribution in [3.05, 3.63) is 28.8 Å². The van der Waals surface area contributed by atoms with E-state index in [0.29, 0.717) is 6.61 Å². The summed E-state index contributed by atoms with van der Waals surface area (Å²) in [7, 11) is 1.73. The van der Waals surface area contributed by atoms with Crippen LogP contribution < -0.4 is 10.1 Å². The molecule has 0 aliphatic rings. The van der Waals surface area contributed by atoms with Crippen molar-refractivity contribution < 1.29 is 9.47 Å². The van der Waals surface area contributed by atoms with E-state index < -0.39 is 0 Å². The average Bonchev–Trinajstić information content (AvgIpc) is 2.33. The first-order valence-corrected chi connectivity index (χ1v) is 6.55. The molecule has 102 valence electrons. The Kier molecular flexibility index (Phi) is 6.76. The zero-order chi connectivity index (χ0) is 13.4. The molecule has 0 spiro atoms. The van der Waals surface area contributed by atoms with Crippen LogP contribution in [0.5, 0.6) is 5.75 Å². The van der Waals surface area contributed by atoms with Crippen molar-refractivity contribution in [2.24, 2.45) is 0 Å². The van der Waals surface area contributed by atoms with Crippen molar-refractivity contribution in [3.8, 4) is 5.75 Å². The Bertz CT molecular complexity index is 364. The van der Waals surface area contributed by atoms with E-state index >= 15 is 0 Å². The van der Waals surface area contributed by atoms with Crippen LogP contribution in [0.25, 0.3) is 0 Å². The first kappa shape index (κ1) is 15.0. The van der Waals surface area contributed by atoms with Gasteiger partial charge in [-0.15, -0.1) is 0 Å². The molecule has 0 aromatic heterocycles. The minimum Gasteiger partial charge on any atom is -0.492 e. The first-order chi connectivity index (χ1) is 8.65. The molecule has 3 heteroatoms. The Balaban J connectivity index is 2.27. The van der Waals surface area contributed by atoms with Crippen LogP contribution in [0.15, 0.2) is 12.1 Å². The highest BCUT2D eigenvalue weighted by Crippen LogP contribution is 2.22. The molecule has 3 nitrogen and oxygen atoms in total. The molecule has 0 heterocycles. The molecule has 0 aliphatic carbocycles. The van der Waals surface area contributed by atoms with Crippen LogP contribution in [-0.4, -0.2) is 33.4 Å². The number of ether oxygens (including phenoxy) is 2. The van der Waals surface area contributed by atoms with Gasteiger partial charge in [0.15, 0.2) is 0 Å². The van der Waals surface area contributed by atoms with E-state index in [1.54, 1.807) is 7.11 Å². The molecule has 0 radical (unpaired) electrons. The Labute approximate surface area is 110 Å². The van der Waals surface area contributed by atoms with Crippen molar-refractivity contribution in [1.29, 1.82) is 0 Å². The van der Waals surface area contributed by atoms with Gasteiger partial charge in [0.1, 0.15) is 12.4 Å². The summed E-state index contributed by atoms with van der Waals surface area (Å²) in [5, 5.41) is 3.33. The number of hydrogen-bond acceptors (Lipinski definition) is 3. The standard InChI is InChI=1S/C15H25NO2/c1-12-10-13(2)14(3)15(11-12)18-9-7-16-6-5-8-17-4/h10-11,16H,5-9H2,1-4H3. The highest BCUT2D eigenvalue weighted by atomic mass is 16.5. The maximum atomic E-state index is 5.81. The monoisotopic (exact) mass is 251 g/mol. The molecule has 1 N–H and O–H groups in total. The van der Waals surface area contributed by atoms with E-state index in [-0.39, 0.29) is 0 Å². The minimum atomic E-state index is 0.705. The summed E-state index contributed by atoms with van der Waals surface area (Å²) in [5.74, 6) is 1.01. The first-order valence-electron chi connectivity index (χ1n) is 6.55. The molecule has 0 amide bonds. The average molecular weight is 251 g/mol. The predicted molar refractivity (Wildman–Crippen MR) is 75.5 cm³/mol. The minimum absolute atomic E-state index is 0.705. The molecule has 0 unspecified atom stereocenters. The molecule has 0 saturated carbocycles.